The predicted molar refractivity (Wildman–Crippen MR) is 160 cm³/mol. The minimum Gasteiger partial charge on any atom is -0.374 e. The Hall–Kier alpha value is -1.40. The molecule has 2 aliphatic carbocycles. The standard InChI is InChI=1S/C30H48N4SSi/c35-30-33(18-9-10-20-36-27-21-31-29(32-22-27)26-15-7-8-16-26)23-28(25-13-5-2-6-14-25)34(30)19-17-24-11-3-1-4-12-24/h2,5-6,13-14,24,26-28H,1,3-4,7-12,15-23,36H2,(H,31,32)/t28-/m0/s1. The number of amidine groups is 1. The molecule has 5 rings (SSSR count). The van der Waals surface area contributed by atoms with Gasteiger partial charge in [-0.3, -0.25) is 4.99 Å². The number of hydrogen-bond acceptors (Lipinski definition) is 3. The molecular formula is C30H48N4SSi. The third kappa shape index (κ3) is 6.92. The zero-order valence-corrected chi connectivity index (χ0v) is 24.6. The minimum atomic E-state index is -0.0473. The Morgan fingerprint density at radius 3 is 2.47 bits per heavy atom. The van der Waals surface area contributed by atoms with E-state index in [0.717, 1.165) is 48.7 Å². The van der Waals surface area contributed by atoms with Crippen molar-refractivity contribution < 1.29 is 0 Å². The molecule has 1 aromatic carbocycles. The fraction of sp³-hybridized carbons (Fsp3) is 0.733. The first-order valence-corrected chi connectivity index (χ1v) is 17.4. The van der Waals surface area contributed by atoms with E-state index in [1.807, 2.05) is 0 Å². The maximum atomic E-state index is 6.08. The third-order valence-corrected chi connectivity index (χ3v) is 12.1. The van der Waals surface area contributed by atoms with Crippen molar-refractivity contribution in [2.45, 2.75) is 94.7 Å². The Bertz CT molecular complexity index is 850. The molecule has 4 nitrogen and oxygen atoms in total. The average Bonchev–Trinajstić information content (AvgIpc) is 3.58. The monoisotopic (exact) mass is 524 g/mol. The van der Waals surface area contributed by atoms with E-state index in [9.17, 15) is 0 Å². The molecular weight excluding hydrogens is 477 g/mol. The number of unbranched alkanes of at least 4 members (excludes halogenated alkanes) is 1. The second-order valence-electron chi connectivity index (χ2n) is 11.9. The fourth-order valence-electron chi connectivity index (χ4n) is 7.07. The molecule has 6 heteroatoms. The summed E-state index contributed by atoms with van der Waals surface area (Å²) in [4.78, 5) is 10.1. The first-order valence-electron chi connectivity index (χ1n) is 15.2. The van der Waals surface area contributed by atoms with Crippen LogP contribution < -0.4 is 5.32 Å². The van der Waals surface area contributed by atoms with Gasteiger partial charge in [0.15, 0.2) is 5.11 Å². The van der Waals surface area contributed by atoms with Crippen molar-refractivity contribution in [1.29, 1.82) is 0 Å². The average molecular weight is 525 g/mol. The van der Waals surface area contributed by atoms with Crippen LogP contribution in [0.4, 0.5) is 0 Å². The van der Waals surface area contributed by atoms with Crippen LogP contribution in [-0.4, -0.2) is 63.0 Å². The van der Waals surface area contributed by atoms with Crippen LogP contribution in [0, 0.1) is 11.8 Å². The van der Waals surface area contributed by atoms with E-state index < -0.39 is 0 Å². The quantitative estimate of drug-likeness (QED) is 0.220. The molecule has 0 radical (unpaired) electrons. The minimum absolute atomic E-state index is 0.0473. The smallest absolute Gasteiger partial charge is 0.172 e. The Labute approximate surface area is 227 Å². The molecule has 36 heavy (non-hydrogen) atoms. The second kappa shape index (κ2) is 13.4. The van der Waals surface area contributed by atoms with Gasteiger partial charge in [0.1, 0.15) is 0 Å². The van der Waals surface area contributed by atoms with Crippen LogP contribution in [0.25, 0.3) is 0 Å². The van der Waals surface area contributed by atoms with E-state index in [2.05, 4.69) is 45.4 Å². The lowest BCUT2D eigenvalue weighted by Crippen LogP contribution is -2.38. The summed E-state index contributed by atoms with van der Waals surface area (Å²) in [5.74, 6) is 3.00. The van der Waals surface area contributed by atoms with Crippen molar-refractivity contribution in [3.63, 3.8) is 0 Å². The van der Waals surface area contributed by atoms with E-state index in [-0.39, 0.29) is 9.52 Å². The molecule has 1 aromatic rings. The number of nitrogens with one attached hydrogen (secondary N) is 1. The molecule has 4 aliphatic rings. The zero-order chi connectivity index (χ0) is 24.6. The van der Waals surface area contributed by atoms with Gasteiger partial charge in [-0.25, -0.2) is 0 Å². The summed E-state index contributed by atoms with van der Waals surface area (Å²) < 4.78 is 0. The maximum absolute atomic E-state index is 6.08. The summed E-state index contributed by atoms with van der Waals surface area (Å²) in [6.45, 7) is 5.63. The van der Waals surface area contributed by atoms with Crippen LogP contribution >= 0.6 is 12.2 Å². The molecule has 2 atom stereocenters. The highest BCUT2D eigenvalue weighted by atomic mass is 32.1. The maximum Gasteiger partial charge on any atom is 0.172 e. The van der Waals surface area contributed by atoms with Gasteiger partial charge in [-0.05, 0) is 54.9 Å². The topological polar surface area (TPSA) is 30.9 Å². The Balaban J connectivity index is 1.06. The summed E-state index contributed by atoms with van der Waals surface area (Å²) in [6.07, 6.45) is 16.6. The van der Waals surface area contributed by atoms with Gasteiger partial charge in [-0.1, -0.05) is 87.7 Å². The van der Waals surface area contributed by atoms with Gasteiger partial charge in [0.05, 0.1) is 11.9 Å². The molecule has 1 unspecified atom stereocenters. The SMILES string of the molecule is S=C1N(CCCC[SiH2]C2CN=C(C3CCCC3)NC2)C[C@@H](c2ccccc2)N1CCC1CCCCC1. The van der Waals surface area contributed by atoms with Crippen LogP contribution in [0.15, 0.2) is 35.3 Å². The molecule has 1 N–H and O–H groups in total. The molecule has 0 amide bonds. The summed E-state index contributed by atoms with van der Waals surface area (Å²) in [6, 6.07) is 13.0. The van der Waals surface area contributed by atoms with Crippen LogP contribution in [0.1, 0.15) is 88.7 Å². The van der Waals surface area contributed by atoms with Crippen LogP contribution in [0.2, 0.25) is 11.6 Å². The lowest BCUT2D eigenvalue weighted by Gasteiger charge is -2.29. The molecule has 2 saturated carbocycles. The molecule has 2 heterocycles. The molecule has 0 spiro atoms. The van der Waals surface area contributed by atoms with Gasteiger partial charge >= 0.3 is 0 Å². The Kier molecular flexibility index (Phi) is 9.76. The van der Waals surface area contributed by atoms with E-state index in [1.54, 1.807) is 0 Å². The van der Waals surface area contributed by atoms with Gasteiger partial charge in [0.2, 0.25) is 0 Å². The Morgan fingerprint density at radius 2 is 1.72 bits per heavy atom. The first kappa shape index (κ1) is 26.2. The van der Waals surface area contributed by atoms with Crippen molar-refractivity contribution in [3.8, 4) is 0 Å². The zero-order valence-electron chi connectivity index (χ0n) is 22.4. The van der Waals surface area contributed by atoms with E-state index in [0.29, 0.717) is 6.04 Å². The summed E-state index contributed by atoms with van der Waals surface area (Å²) in [7, 11) is -0.0473. The second-order valence-corrected chi connectivity index (χ2v) is 14.7. The van der Waals surface area contributed by atoms with Crippen LogP contribution in [-0.2, 0) is 0 Å². The van der Waals surface area contributed by atoms with Gasteiger partial charge in [0.25, 0.3) is 0 Å². The van der Waals surface area contributed by atoms with Gasteiger partial charge in [0, 0.05) is 48.2 Å². The third-order valence-electron chi connectivity index (χ3n) is 9.35. The number of nitrogens with zero attached hydrogens (tertiary/aromatic N) is 3. The Morgan fingerprint density at radius 1 is 0.944 bits per heavy atom. The molecule has 0 aromatic heterocycles. The highest BCUT2D eigenvalue weighted by Crippen LogP contribution is 2.33. The molecule has 2 aliphatic heterocycles. The number of thiocarbonyl (C=S) groups is 1. The predicted octanol–water partition coefficient (Wildman–Crippen LogP) is 5.95. The van der Waals surface area contributed by atoms with Crippen molar-refractivity contribution in [3.05, 3.63) is 35.9 Å². The summed E-state index contributed by atoms with van der Waals surface area (Å²) >= 11 is 6.08. The normalized spacial score (nSPS) is 26.2. The van der Waals surface area contributed by atoms with Crippen LogP contribution in [0.5, 0.6) is 0 Å². The molecule has 1 saturated heterocycles. The van der Waals surface area contributed by atoms with E-state index in [1.165, 1.54) is 101 Å². The van der Waals surface area contributed by atoms with Crippen molar-refractivity contribution in [1.82, 2.24) is 15.1 Å². The highest BCUT2D eigenvalue weighted by molar-refractivity contribution is 7.80. The van der Waals surface area contributed by atoms with Gasteiger partial charge < -0.3 is 15.1 Å². The van der Waals surface area contributed by atoms with Gasteiger partial charge in [-0.2, -0.15) is 0 Å². The molecule has 0 bridgehead atoms. The summed E-state index contributed by atoms with van der Waals surface area (Å²) in [5, 5.41) is 4.83. The van der Waals surface area contributed by atoms with Crippen molar-refractivity contribution in [2.75, 3.05) is 32.7 Å². The number of hydrogen-bond donors (Lipinski definition) is 1. The van der Waals surface area contributed by atoms with E-state index in [4.69, 9.17) is 17.2 Å². The fourth-order valence-corrected chi connectivity index (χ4v) is 9.34. The summed E-state index contributed by atoms with van der Waals surface area (Å²) in [5.41, 5.74) is 2.29. The highest BCUT2D eigenvalue weighted by Gasteiger charge is 2.35. The lowest BCUT2D eigenvalue weighted by atomic mass is 9.87. The largest absolute Gasteiger partial charge is 0.374 e. The number of benzene rings is 1. The molecule has 198 valence electrons. The number of aliphatic imine (C=N–C) groups is 1. The van der Waals surface area contributed by atoms with Crippen molar-refractivity contribution in [2.24, 2.45) is 16.8 Å². The van der Waals surface area contributed by atoms with Crippen LogP contribution in [0.3, 0.4) is 0 Å². The van der Waals surface area contributed by atoms with E-state index >= 15 is 0 Å². The number of rotatable bonds is 11. The van der Waals surface area contributed by atoms with Gasteiger partial charge in [-0.15, -0.1) is 0 Å². The molecule has 3 fully saturated rings. The first-order chi connectivity index (χ1) is 17.8. The lowest BCUT2D eigenvalue weighted by molar-refractivity contribution is 0.278. The van der Waals surface area contributed by atoms with Crippen molar-refractivity contribution >= 4 is 32.7 Å².